The molecule has 32 heavy (non-hydrogen) atoms. The number of aryl methyl sites for hydroxylation is 4. The van der Waals surface area contributed by atoms with Crippen LogP contribution in [0, 0.1) is 33.5 Å². The van der Waals surface area contributed by atoms with Crippen LogP contribution in [-0.4, -0.2) is 20.7 Å². The maximum atomic E-state index is 13.3. The summed E-state index contributed by atoms with van der Waals surface area (Å²) < 4.78 is 15.2. The first-order valence-electron chi connectivity index (χ1n) is 10.4. The zero-order chi connectivity index (χ0) is 23.0. The summed E-state index contributed by atoms with van der Waals surface area (Å²) in [7, 11) is 0. The van der Waals surface area contributed by atoms with E-state index in [1.165, 1.54) is 23.8 Å². The van der Waals surface area contributed by atoms with Gasteiger partial charge in [0.2, 0.25) is 5.91 Å². The van der Waals surface area contributed by atoms with Crippen molar-refractivity contribution in [3.05, 3.63) is 81.4 Å². The van der Waals surface area contributed by atoms with E-state index < -0.39 is 5.82 Å². The SMILES string of the molecule is Cc1ccc(-n2nc(C)c3c(C)c(CCC(=O)Nc4ccc(F)c(Cl)c4)c(C)nc32)cc1. The molecule has 0 unspecified atom stereocenters. The second kappa shape index (κ2) is 8.71. The van der Waals surface area contributed by atoms with Gasteiger partial charge in [-0.15, -0.1) is 0 Å². The van der Waals surface area contributed by atoms with Gasteiger partial charge in [-0.1, -0.05) is 29.3 Å². The maximum absolute atomic E-state index is 13.3. The molecule has 0 bridgehead atoms. The van der Waals surface area contributed by atoms with Crippen LogP contribution in [0.4, 0.5) is 10.1 Å². The average molecular weight is 451 g/mol. The minimum Gasteiger partial charge on any atom is -0.326 e. The first-order chi connectivity index (χ1) is 15.2. The van der Waals surface area contributed by atoms with Crippen molar-refractivity contribution in [1.82, 2.24) is 14.8 Å². The van der Waals surface area contributed by atoms with Crippen LogP contribution < -0.4 is 5.32 Å². The molecule has 1 amide bonds. The number of carbonyl (C=O) groups is 1. The third kappa shape index (κ3) is 4.23. The molecule has 0 spiro atoms. The lowest BCUT2D eigenvalue weighted by Crippen LogP contribution is -2.13. The number of nitrogens with one attached hydrogen (secondary N) is 1. The van der Waals surface area contributed by atoms with E-state index in [0.29, 0.717) is 12.1 Å². The topological polar surface area (TPSA) is 59.8 Å². The van der Waals surface area contributed by atoms with Gasteiger partial charge in [-0.2, -0.15) is 5.10 Å². The number of rotatable bonds is 5. The largest absolute Gasteiger partial charge is 0.326 e. The van der Waals surface area contributed by atoms with Crippen LogP contribution >= 0.6 is 11.6 Å². The number of fused-ring (bicyclic) bond motifs is 1. The summed E-state index contributed by atoms with van der Waals surface area (Å²) in [5.41, 5.74) is 7.33. The lowest BCUT2D eigenvalue weighted by atomic mass is 9.99. The zero-order valence-corrected chi connectivity index (χ0v) is 19.2. The molecule has 0 atom stereocenters. The third-order valence-electron chi connectivity index (χ3n) is 5.66. The third-order valence-corrected chi connectivity index (χ3v) is 5.95. The molecule has 2 aromatic heterocycles. The summed E-state index contributed by atoms with van der Waals surface area (Å²) in [6, 6.07) is 12.3. The van der Waals surface area contributed by atoms with Gasteiger partial charge in [-0.25, -0.2) is 14.1 Å². The predicted octanol–water partition coefficient (Wildman–Crippen LogP) is 6.02. The summed E-state index contributed by atoms with van der Waals surface area (Å²) in [6.07, 6.45) is 0.811. The molecule has 0 aliphatic heterocycles. The standard InChI is InChI=1S/C25H24ClFN4O/c1-14-5-8-19(9-6-14)31-25-24(17(4)30-31)15(2)20(16(3)28-25)10-12-23(32)29-18-7-11-22(27)21(26)13-18/h5-9,11,13H,10,12H2,1-4H3,(H,29,32). The van der Waals surface area contributed by atoms with Gasteiger partial charge >= 0.3 is 0 Å². The van der Waals surface area contributed by atoms with E-state index in [9.17, 15) is 9.18 Å². The quantitative estimate of drug-likeness (QED) is 0.404. The van der Waals surface area contributed by atoms with E-state index in [-0.39, 0.29) is 17.4 Å². The number of aromatic nitrogens is 3. The summed E-state index contributed by atoms with van der Waals surface area (Å²) in [4.78, 5) is 17.3. The number of nitrogens with zero attached hydrogens (tertiary/aromatic N) is 3. The van der Waals surface area contributed by atoms with Crippen LogP contribution in [0.15, 0.2) is 42.5 Å². The molecule has 5 nitrogen and oxygen atoms in total. The lowest BCUT2D eigenvalue weighted by molar-refractivity contribution is -0.116. The number of anilines is 1. The van der Waals surface area contributed by atoms with Crippen molar-refractivity contribution in [2.75, 3.05) is 5.32 Å². The summed E-state index contributed by atoms with van der Waals surface area (Å²) in [5, 5.41) is 8.49. The van der Waals surface area contributed by atoms with Crippen molar-refractivity contribution >= 4 is 34.2 Å². The Kier molecular flexibility index (Phi) is 5.98. The molecule has 0 aliphatic carbocycles. The number of hydrogen-bond donors (Lipinski definition) is 1. The van der Waals surface area contributed by atoms with Crippen molar-refractivity contribution in [3.8, 4) is 5.69 Å². The normalized spacial score (nSPS) is 11.2. The fraction of sp³-hybridized carbons (Fsp3) is 0.240. The van der Waals surface area contributed by atoms with Gasteiger partial charge < -0.3 is 5.32 Å². The Morgan fingerprint density at radius 3 is 2.47 bits per heavy atom. The molecule has 2 heterocycles. The minimum absolute atomic E-state index is 0.0230. The average Bonchev–Trinajstić information content (AvgIpc) is 3.07. The summed E-state index contributed by atoms with van der Waals surface area (Å²) >= 11 is 5.79. The number of carbonyl (C=O) groups excluding carboxylic acids is 1. The highest BCUT2D eigenvalue weighted by Gasteiger charge is 2.18. The van der Waals surface area contributed by atoms with E-state index in [2.05, 4.69) is 31.3 Å². The number of amides is 1. The Labute approximate surface area is 191 Å². The molecular formula is C25H24ClFN4O. The Bertz CT molecular complexity index is 1330. The van der Waals surface area contributed by atoms with Gasteiger partial charge in [0.05, 0.1) is 16.4 Å². The predicted molar refractivity (Wildman–Crippen MR) is 126 cm³/mol. The van der Waals surface area contributed by atoms with Crippen LogP contribution in [-0.2, 0) is 11.2 Å². The highest BCUT2D eigenvalue weighted by molar-refractivity contribution is 6.31. The van der Waals surface area contributed by atoms with Crippen LogP contribution in [0.2, 0.25) is 5.02 Å². The Balaban J connectivity index is 1.59. The fourth-order valence-corrected chi connectivity index (χ4v) is 4.16. The van der Waals surface area contributed by atoms with E-state index >= 15 is 0 Å². The molecule has 164 valence electrons. The Morgan fingerprint density at radius 1 is 1.06 bits per heavy atom. The van der Waals surface area contributed by atoms with Gasteiger partial charge in [-0.3, -0.25) is 4.79 Å². The van der Waals surface area contributed by atoms with Gasteiger partial charge in [-0.05, 0) is 75.6 Å². The van der Waals surface area contributed by atoms with Gasteiger partial charge in [0, 0.05) is 23.2 Å². The van der Waals surface area contributed by atoms with Gasteiger partial charge in [0.1, 0.15) is 5.82 Å². The molecule has 2 aromatic carbocycles. The molecule has 0 aliphatic rings. The monoisotopic (exact) mass is 450 g/mol. The number of pyridine rings is 1. The minimum atomic E-state index is -0.517. The Hall–Kier alpha value is -3.25. The number of hydrogen-bond acceptors (Lipinski definition) is 3. The van der Waals surface area contributed by atoms with Crippen LogP contribution in [0.25, 0.3) is 16.7 Å². The highest BCUT2D eigenvalue weighted by Crippen LogP contribution is 2.28. The van der Waals surface area contributed by atoms with Gasteiger partial charge in [0.25, 0.3) is 0 Å². The second-order valence-corrected chi connectivity index (χ2v) is 8.42. The number of benzene rings is 2. The van der Waals surface area contributed by atoms with Gasteiger partial charge in [0.15, 0.2) is 5.65 Å². The molecular weight excluding hydrogens is 427 g/mol. The molecule has 0 saturated heterocycles. The molecule has 4 rings (SSSR count). The molecule has 1 N–H and O–H groups in total. The first-order valence-corrected chi connectivity index (χ1v) is 10.8. The molecule has 4 aromatic rings. The second-order valence-electron chi connectivity index (χ2n) is 8.01. The van der Waals surface area contributed by atoms with Crippen LogP contribution in [0.3, 0.4) is 0 Å². The summed E-state index contributed by atoms with van der Waals surface area (Å²) in [5.74, 6) is -0.685. The van der Waals surface area contributed by atoms with Crippen molar-refractivity contribution < 1.29 is 9.18 Å². The van der Waals surface area contributed by atoms with E-state index in [0.717, 1.165) is 39.2 Å². The van der Waals surface area contributed by atoms with E-state index in [4.69, 9.17) is 21.7 Å². The smallest absolute Gasteiger partial charge is 0.224 e. The number of halogens is 2. The van der Waals surface area contributed by atoms with E-state index in [1.807, 2.05) is 30.7 Å². The highest BCUT2D eigenvalue weighted by atomic mass is 35.5. The van der Waals surface area contributed by atoms with Crippen molar-refractivity contribution in [2.45, 2.75) is 40.5 Å². The fourth-order valence-electron chi connectivity index (χ4n) is 3.98. The molecule has 0 saturated carbocycles. The maximum Gasteiger partial charge on any atom is 0.224 e. The van der Waals surface area contributed by atoms with Crippen molar-refractivity contribution in [3.63, 3.8) is 0 Å². The zero-order valence-electron chi connectivity index (χ0n) is 18.5. The molecule has 0 fully saturated rings. The lowest BCUT2D eigenvalue weighted by Gasteiger charge is -2.12. The summed E-state index contributed by atoms with van der Waals surface area (Å²) in [6.45, 7) is 8.04. The first kappa shape index (κ1) is 22.0. The Morgan fingerprint density at radius 2 is 1.78 bits per heavy atom. The molecule has 7 heteroatoms. The van der Waals surface area contributed by atoms with E-state index in [1.54, 1.807) is 0 Å². The van der Waals surface area contributed by atoms with Crippen molar-refractivity contribution in [1.29, 1.82) is 0 Å². The van der Waals surface area contributed by atoms with Crippen LogP contribution in [0.5, 0.6) is 0 Å². The van der Waals surface area contributed by atoms with Crippen molar-refractivity contribution in [2.24, 2.45) is 0 Å². The molecule has 0 radical (unpaired) electrons. The van der Waals surface area contributed by atoms with Crippen LogP contribution in [0.1, 0.15) is 34.5 Å².